The van der Waals surface area contributed by atoms with Crippen molar-refractivity contribution in [3.05, 3.63) is 52.4 Å². The van der Waals surface area contributed by atoms with Crippen LogP contribution in [0, 0.1) is 26.2 Å². The van der Waals surface area contributed by atoms with Gasteiger partial charge in [0.15, 0.2) is 5.82 Å². The van der Waals surface area contributed by atoms with Gasteiger partial charge in [0, 0.05) is 22.5 Å². The molecule has 0 saturated carbocycles. The molecule has 0 bridgehead atoms. The molecule has 160 valence electrons. The standard InChI is InChI=1S/C23H31N5O2/c1-15-10-11-19-8-7-9-20(21(19)24-15)28-30-14-23(5,6)13-29-27-18(4)22-25-16(2)12-17(3)26-22/h10-12H,7-9,13-14H2,1-6H3. The highest BCUT2D eigenvalue weighted by atomic mass is 16.6. The third-order valence-electron chi connectivity index (χ3n) is 4.84. The van der Waals surface area contributed by atoms with E-state index in [1.807, 2.05) is 33.8 Å². The van der Waals surface area contributed by atoms with Crippen molar-refractivity contribution >= 4 is 11.4 Å². The second kappa shape index (κ2) is 9.32. The largest absolute Gasteiger partial charge is 0.395 e. The lowest BCUT2D eigenvalue weighted by atomic mass is 9.94. The first-order valence-electron chi connectivity index (χ1n) is 10.4. The summed E-state index contributed by atoms with van der Waals surface area (Å²) in [5.41, 5.74) is 6.37. The van der Waals surface area contributed by atoms with E-state index in [0.717, 1.165) is 47.7 Å². The molecule has 2 heterocycles. The Labute approximate surface area is 178 Å². The van der Waals surface area contributed by atoms with E-state index in [0.29, 0.717) is 24.7 Å². The van der Waals surface area contributed by atoms with Gasteiger partial charge in [0.05, 0.1) is 5.69 Å². The highest BCUT2D eigenvalue weighted by molar-refractivity contribution is 6.00. The third kappa shape index (κ3) is 5.84. The molecule has 0 radical (unpaired) electrons. The molecule has 2 aromatic heterocycles. The van der Waals surface area contributed by atoms with Crippen LogP contribution in [-0.2, 0) is 16.1 Å². The van der Waals surface area contributed by atoms with Crippen molar-refractivity contribution in [3.8, 4) is 0 Å². The van der Waals surface area contributed by atoms with E-state index in [1.54, 1.807) is 0 Å². The zero-order chi connectivity index (χ0) is 21.7. The molecule has 0 spiro atoms. The number of oxime groups is 2. The van der Waals surface area contributed by atoms with E-state index in [9.17, 15) is 0 Å². The molecule has 7 heteroatoms. The number of pyridine rings is 1. The van der Waals surface area contributed by atoms with E-state index in [4.69, 9.17) is 9.68 Å². The molecule has 1 aliphatic rings. The number of aryl methyl sites for hydroxylation is 4. The Kier molecular flexibility index (Phi) is 6.80. The summed E-state index contributed by atoms with van der Waals surface area (Å²) >= 11 is 0. The molecular weight excluding hydrogens is 378 g/mol. The number of hydrogen-bond donors (Lipinski definition) is 0. The van der Waals surface area contributed by atoms with Gasteiger partial charge in [0.2, 0.25) is 0 Å². The molecule has 30 heavy (non-hydrogen) atoms. The summed E-state index contributed by atoms with van der Waals surface area (Å²) in [5.74, 6) is 0.590. The van der Waals surface area contributed by atoms with Gasteiger partial charge >= 0.3 is 0 Å². The first kappa shape index (κ1) is 21.9. The minimum Gasteiger partial charge on any atom is -0.395 e. The van der Waals surface area contributed by atoms with Crippen LogP contribution in [0.15, 0.2) is 28.5 Å². The molecule has 3 rings (SSSR count). The molecule has 0 amide bonds. The lowest BCUT2D eigenvalue weighted by Gasteiger charge is -2.22. The van der Waals surface area contributed by atoms with Gasteiger partial charge in [-0.25, -0.2) is 9.97 Å². The predicted molar refractivity (Wildman–Crippen MR) is 118 cm³/mol. The smallest absolute Gasteiger partial charge is 0.177 e. The van der Waals surface area contributed by atoms with E-state index in [1.165, 1.54) is 5.56 Å². The highest BCUT2D eigenvalue weighted by Crippen LogP contribution is 2.22. The van der Waals surface area contributed by atoms with E-state index in [2.05, 4.69) is 51.2 Å². The van der Waals surface area contributed by atoms with Crippen molar-refractivity contribution in [3.63, 3.8) is 0 Å². The van der Waals surface area contributed by atoms with Gasteiger partial charge in [-0.2, -0.15) is 0 Å². The lowest BCUT2D eigenvalue weighted by molar-refractivity contribution is -0.000178. The number of rotatable bonds is 7. The lowest BCUT2D eigenvalue weighted by Crippen LogP contribution is -2.25. The van der Waals surface area contributed by atoms with Gasteiger partial charge in [-0.3, -0.25) is 4.98 Å². The number of hydrogen-bond acceptors (Lipinski definition) is 7. The molecule has 0 unspecified atom stereocenters. The second-order valence-electron chi connectivity index (χ2n) is 8.71. The zero-order valence-corrected chi connectivity index (χ0v) is 18.8. The molecule has 0 N–H and O–H groups in total. The Bertz CT molecular complexity index is 946. The quantitative estimate of drug-likeness (QED) is 0.502. The van der Waals surface area contributed by atoms with Gasteiger partial charge in [-0.05, 0) is 64.7 Å². The Morgan fingerprint density at radius 1 is 0.967 bits per heavy atom. The summed E-state index contributed by atoms with van der Waals surface area (Å²) in [6.07, 6.45) is 3.00. The second-order valence-corrected chi connectivity index (χ2v) is 8.71. The number of nitrogens with zero attached hydrogens (tertiary/aromatic N) is 5. The van der Waals surface area contributed by atoms with E-state index < -0.39 is 0 Å². The van der Waals surface area contributed by atoms with E-state index >= 15 is 0 Å². The number of fused-ring (bicyclic) bond motifs is 1. The summed E-state index contributed by atoms with van der Waals surface area (Å²) in [6.45, 7) is 12.7. The minimum atomic E-state index is -0.255. The Morgan fingerprint density at radius 3 is 2.40 bits per heavy atom. The van der Waals surface area contributed by atoms with Gasteiger partial charge in [0.1, 0.15) is 24.6 Å². The number of aromatic nitrogens is 3. The van der Waals surface area contributed by atoms with Crippen molar-refractivity contribution in [2.75, 3.05) is 13.2 Å². The topological polar surface area (TPSA) is 81.9 Å². The fourth-order valence-electron chi connectivity index (χ4n) is 3.25. The Morgan fingerprint density at radius 2 is 1.67 bits per heavy atom. The summed E-state index contributed by atoms with van der Waals surface area (Å²) < 4.78 is 0. The molecular formula is C23H31N5O2. The van der Waals surface area contributed by atoms with Crippen LogP contribution < -0.4 is 0 Å². The van der Waals surface area contributed by atoms with E-state index in [-0.39, 0.29) is 5.41 Å². The van der Waals surface area contributed by atoms with Crippen LogP contribution in [-0.4, -0.2) is 39.6 Å². The first-order chi connectivity index (χ1) is 14.2. The summed E-state index contributed by atoms with van der Waals surface area (Å²) in [7, 11) is 0. The maximum atomic E-state index is 5.70. The monoisotopic (exact) mass is 409 g/mol. The van der Waals surface area contributed by atoms with Crippen LogP contribution in [0.3, 0.4) is 0 Å². The molecule has 7 nitrogen and oxygen atoms in total. The SMILES string of the molecule is CC(=NOCC(C)(C)CON=C1CCCc2ccc(C)nc21)c1nc(C)cc(C)n1. The predicted octanol–water partition coefficient (Wildman–Crippen LogP) is 4.32. The van der Waals surface area contributed by atoms with Crippen LogP contribution in [0.1, 0.15) is 67.8 Å². The Balaban J connectivity index is 1.56. The summed E-state index contributed by atoms with van der Waals surface area (Å²) in [6, 6.07) is 6.12. The van der Waals surface area contributed by atoms with Crippen molar-refractivity contribution in [1.82, 2.24) is 15.0 Å². The average molecular weight is 410 g/mol. The molecule has 0 atom stereocenters. The van der Waals surface area contributed by atoms with Gasteiger partial charge in [0.25, 0.3) is 0 Å². The van der Waals surface area contributed by atoms with Crippen LogP contribution in [0.2, 0.25) is 0 Å². The Hall–Kier alpha value is -2.83. The maximum absolute atomic E-state index is 5.70. The van der Waals surface area contributed by atoms with Crippen LogP contribution in [0.25, 0.3) is 0 Å². The van der Waals surface area contributed by atoms with Gasteiger partial charge in [-0.1, -0.05) is 30.2 Å². The minimum absolute atomic E-state index is 0.255. The molecule has 0 aromatic carbocycles. The van der Waals surface area contributed by atoms with Crippen molar-refractivity contribution in [2.45, 2.75) is 60.8 Å². The molecule has 2 aromatic rings. The maximum Gasteiger partial charge on any atom is 0.177 e. The van der Waals surface area contributed by atoms with Crippen molar-refractivity contribution < 1.29 is 9.68 Å². The van der Waals surface area contributed by atoms with Crippen LogP contribution in [0.4, 0.5) is 0 Å². The molecule has 0 aliphatic heterocycles. The highest BCUT2D eigenvalue weighted by Gasteiger charge is 2.22. The fourth-order valence-corrected chi connectivity index (χ4v) is 3.25. The molecule has 1 aliphatic carbocycles. The van der Waals surface area contributed by atoms with Gasteiger partial charge in [-0.15, -0.1) is 0 Å². The zero-order valence-electron chi connectivity index (χ0n) is 18.8. The summed E-state index contributed by atoms with van der Waals surface area (Å²) in [5, 5.41) is 8.59. The normalized spacial score (nSPS) is 15.8. The third-order valence-corrected chi connectivity index (χ3v) is 4.84. The molecule has 0 saturated heterocycles. The van der Waals surface area contributed by atoms with Gasteiger partial charge < -0.3 is 9.68 Å². The summed E-state index contributed by atoms with van der Waals surface area (Å²) in [4.78, 5) is 24.7. The average Bonchev–Trinajstić information content (AvgIpc) is 2.67. The van der Waals surface area contributed by atoms with Crippen LogP contribution >= 0.6 is 0 Å². The van der Waals surface area contributed by atoms with Crippen LogP contribution in [0.5, 0.6) is 0 Å². The van der Waals surface area contributed by atoms with Crippen molar-refractivity contribution in [2.24, 2.45) is 15.7 Å². The fraction of sp³-hybridized carbons (Fsp3) is 0.522. The molecule has 0 fully saturated rings. The van der Waals surface area contributed by atoms with Crippen molar-refractivity contribution in [1.29, 1.82) is 0 Å². The first-order valence-corrected chi connectivity index (χ1v) is 10.4.